The molecule has 3 aromatic rings. The first-order valence-electron chi connectivity index (χ1n) is 7.73. The van der Waals surface area contributed by atoms with Gasteiger partial charge in [0.15, 0.2) is 0 Å². The van der Waals surface area contributed by atoms with Crippen molar-refractivity contribution in [3.63, 3.8) is 0 Å². The quantitative estimate of drug-likeness (QED) is 0.724. The average molecular weight is 326 g/mol. The summed E-state index contributed by atoms with van der Waals surface area (Å²) >= 11 is 0. The van der Waals surface area contributed by atoms with Gasteiger partial charge in [0.1, 0.15) is 0 Å². The van der Waals surface area contributed by atoms with Gasteiger partial charge in [0.05, 0.1) is 10.9 Å². The van der Waals surface area contributed by atoms with Crippen LogP contribution in [-0.2, 0) is 16.6 Å². The molecule has 0 saturated carbocycles. The summed E-state index contributed by atoms with van der Waals surface area (Å²) in [7, 11) is -3.50. The lowest BCUT2D eigenvalue weighted by Gasteiger charge is -2.33. The van der Waals surface area contributed by atoms with Gasteiger partial charge in [0, 0.05) is 25.0 Å². The number of benzene rings is 2. The van der Waals surface area contributed by atoms with E-state index in [1.54, 1.807) is 16.4 Å². The molecule has 118 valence electrons. The van der Waals surface area contributed by atoms with Crippen molar-refractivity contribution < 1.29 is 8.42 Å². The zero-order valence-corrected chi connectivity index (χ0v) is 13.7. The molecule has 2 aromatic carbocycles. The van der Waals surface area contributed by atoms with Crippen molar-refractivity contribution in [2.24, 2.45) is 0 Å². The highest BCUT2D eigenvalue weighted by Crippen LogP contribution is 2.31. The summed E-state index contributed by atoms with van der Waals surface area (Å²) in [5.41, 5.74) is 1.04. The Balaban J connectivity index is 1.77. The van der Waals surface area contributed by atoms with Crippen molar-refractivity contribution in [2.45, 2.75) is 24.4 Å². The van der Waals surface area contributed by atoms with Gasteiger partial charge < -0.3 is 4.57 Å². The fraction of sp³-hybridized carbons (Fsp3) is 0.222. The maximum atomic E-state index is 13.1. The van der Waals surface area contributed by atoms with E-state index >= 15 is 0 Å². The summed E-state index contributed by atoms with van der Waals surface area (Å²) in [6.45, 7) is 3.14. The van der Waals surface area contributed by atoms with Crippen molar-refractivity contribution in [3.8, 4) is 0 Å². The van der Waals surface area contributed by atoms with Gasteiger partial charge in [-0.3, -0.25) is 0 Å². The van der Waals surface area contributed by atoms with Crippen molar-refractivity contribution >= 4 is 20.8 Å². The van der Waals surface area contributed by atoms with Crippen LogP contribution < -0.4 is 0 Å². The molecule has 1 aliphatic heterocycles. The van der Waals surface area contributed by atoms with Crippen molar-refractivity contribution in [1.29, 1.82) is 0 Å². The van der Waals surface area contributed by atoms with Crippen molar-refractivity contribution in [2.75, 3.05) is 6.54 Å². The number of hydrogen-bond acceptors (Lipinski definition) is 2. The number of fused-ring (bicyclic) bond motifs is 2. The largest absolute Gasteiger partial charge is 0.349 e. The predicted molar refractivity (Wildman–Crippen MR) is 90.7 cm³/mol. The van der Waals surface area contributed by atoms with Crippen molar-refractivity contribution in [3.05, 3.63) is 66.5 Å². The smallest absolute Gasteiger partial charge is 0.243 e. The molecule has 0 amide bonds. The van der Waals surface area contributed by atoms with Crippen LogP contribution in [0.3, 0.4) is 0 Å². The Kier molecular flexibility index (Phi) is 3.28. The molecule has 1 aromatic heterocycles. The van der Waals surface area contributed by atoms with E-state index in [0.717, 1.165) is 16.5 Å². The molecule has 2 heterocycles. The molecule has 0 bridgehead atoms. The van der Waals surface area contributed by atoms with E-state index in [9.17, 15) is 8.42 Å². The lowest BCUT2D eigenvalue weighted by atomic mass is 10.1. The molecule has 5 heteroatoms. The van der Waals surface area contributed by atoms with Crippen LogP contribution >= 0.6 is 0 Å². The highest BCUT2D eigenvalue weighted by atomic mass is 32.2. The van der Waals surface area contributed by atoms with Crippen LogP contribution in [-0.4, -0.2) is 23.8 Å². The molecule has 0 fully saturated rings. The molecule has 0 radical (unpaired) electrons. The molecular formula is C18H18N2O2S. The average Bonchev–Trinajstić information content (AvgIpc) is 3.04. The Morgan fingerprint density at radius 3 is 2.57 bits per heavy atom. The first kappa shape index (κ1) is 14.5. The van der Waals surface area contributed by atoms with Crippen LogP contribution in [0, 0.1) is 0 Å². The molecular weight excluding hydrogens is 308 g/mol. The monoisotopic (exact) mass is 326 g/mol. The van der Waals surface area contributed by atoms with Gasteiger partial charge in [-0.05, 0) is 42.0 Å². The van der Waals surface area contributed by atoms with E-state index in [-0.39, 0.29) is 6.04 Å². The number of rotatable bonds is 2. The minimum Gasteiger partial charge on any atom is -0.349 e. The van der Waals surface area contributed by atoms with Crippen LogP contribution in [0.1, 0.15) is 18.7 Å². The van der Waals surface area contributed by atoms with Gasteiger partial charge in [0.2, 0.25) is 10.0 Å². The Morgan fingerprint density at radius 2 is 1.74 bits per heavy atom. The van der Waals surface area contributed by atoms with Gasteiger partial charge in [0.25, 0.3) is 0 Å². The van der Waals surface area contributed by atoms with Gasteiger partial charge in [-0.2, -0.15) is 4.31 Å². The van der Waals surface area contributed by atoms with Gasteiger partial charge in [-0.1, -0.05) is 30.3 Å². The minimum absolute atomic E-state index is 0.157. The second kappa shape index (κ2) is 5.22. The summed E-state index contributed by atoms with van der Waals surface area (Å²) in [5, 5.41) is 1.99. The van der Waals surface area contributed by atoms with E-state index < -0.39 is 10.0 Å². The molecule has 4 rings (SSSR count). The molecule has 4 nitrogen and oxygen atoms in total. The van der Waals surface area contributed by atoms with E-state index in [1.807, 2.05) is 55.6 Å². The lowest BCUT2D eigenvalue weighted by Crippen LogP contribution is -2.40. The van der Waals surface area contributed by atoms with Crippen molar-refractivity contribution in [1.82, 2.24) is 8.87 Å². The number of nitrogens with zero attached hydrogens (tertiary/aromatic N) is 2. The van der Waals surface area contributed by atoms with Crippen LogP contribution in [0.4, 0.5) is 0 Å². The summed E-state index contributed by atoms with van der Waals surface area (Å²) in [6.07, 6.45) is 2.01. The van der Waals surface area contributed by atoms with E-state index in [0.29, 0.717) is 18.0 Å². The van der Waals surface area contributed by atoms with Crippen LogP contribution in [0.2, 0.25) is 0 Å². The zero-order valence-electron chi connectivity index (χ0n) is 12.9. The molecule has 0 N–H and O–H groups in total. The molecule has 0 aliphatic carbocycles. The van der Waals surface area contributed by atoms with Gasteiger partial charge >= 0.3 is 0 Å². The molecule has 0 spiro atoms. The van der Waals surface area contributed by atoms with Gasteiger partial charge in [-0.25, -0.2) is 8.42 Å². The topological polar surface area (TPSA) is 42.3 Å². The molecule has 0 unspecified atom stereocenters. The van der Waals surface area contributed by atoms with E-state index in [4.69, 9.17) is 0 Å². The normalized spacial score (nSPS) is 18.9. The third-order valence-electron chi connectivity index (χ3n) is 4.61. The maximum absolute atomic E-state index is 13.1. The van der Waals surface area contributed by atoms with Crippen LogP contribution in [0.15, 0.2) is 65.7 Å². The summed E-state index contributed by atoms with van der Waals surface area (Å²) in [6, 6.07) is 17.0. The minimum atomic E-state index is -3.50. The van der Waals surface area contributed by atoms with Crippen LogP contribution in [0.25, 0.3) is 10.8 Å². The fourth-order valence-corrected chi connectivity index (χ4v) is 4.98. The summed E-state index contributed by atoms with van der Waals surface area (Å²) < 4.78 is 29.9. The van der Waals surface area contributed by atoms with E-state index in [1.165, 1.54) is 0 Å². The number of aromatic nitrogens is 1. The summed E-state index contributed by atoms with van der Waals surface area (Å²) in [4.78, 5) is 0.364. The number of sulfonamides is 1. The first-order chi connectivity index (χ1) is 11.1. The zero-order chi connectivity index (χ0) is 16.0. The first-order valence-corrected chi connectivity index (χ1v) is 9.17. The highest BCUT2D eigenvalue weighted by molar-refractivity contribution is 7.89. The third-order valence-corrected chi connectivity index (χ3v) is 6.58. The lowest BCUT2D eigenvalue weighted by molar-refractivity contribution is 0.282. The summed E-state index contributed by atoms with van der Waals surface area (Å²) in [5.74, 6) is 0. The molecule has 23 heavy (non-hydrogen) atoms. The Bertz CT molecular complexity index is 975. The third kappa shape index (κ3) is 2.28. The fourth-order valence-electron chi connectivity index (χ4n) is 3.35. The molecule has 0 saturated heterocycles. The Labute approximate surface area is 136 Å². The maximum Gasteiger partial charge on any atom is 0.243 e. The van der Waals surface area contributed by atoms with Crippen LogP contribution in [0.5, 0.6) is 0 Å². The standard InChI is InChI=1S/C18H18N2O2S/c1-14-18-7-4-10-19(18)11-12-20(14)23(21,22)17-9-8-15-5-2-3-6-16(15)13-17/h2-10,13-14H,11-12H2,1H3/t14-/m1/s1. The second-order valence-electron chi connectivity index (χ2n) is 5.93. The van der Waals surface area contributed by atoms with E-state index in [2.05, 4.69) is 4.57 Å². The molecule has 1 aliphatic rings. The van der Waals surface area contributed by atoms with Gasteiger partial charge in [-0.15, -0.1) is 0 Å². The number of hydrogen-bond donors (Lipinski definition) is 0. The Hall–Kier alpha value is -2.11. The molecule has 1 atom stereocenters. The highest BCUT2D eigenvalue weighted by Gasteiger charge is 2.33. The predicted octanol–water partition coefficient (Wildman–Crippen LogP) is 3.41. The Morgan fingerprint density at radius 1 is 0.957 bits per heavy atom. The second-order valence-corrected chi connectivity index (χ2v) is 7.82. The SMILES string of the molecule is C[C@@H]1c2cccn2CCN1S(=O)(=O)c1ccc2ccccc2c1.